The van der Waals surface area contributed by atoms with Crippen molar-refractivity contribution in [3.8, 4) is 16.9 Å². The lowest BCUT2D eigenvalue weighted by atomic mass is 9.71. The molecule has 0 radical (unpaired) electrons. The quantitative estimate of drug-likeness (QED) is 0.175. The van der Waals surface area contributed by atoms with Crippen molar-refractivity contribution in [1.82, 2.24) is 9.88 Å². The molecule has 0 N–H and O–H groups in total. The summed E-state index contributed by atoms with van der Waals surface area (Å²) in [6.45, 7) is 4.86. The largest absolute Gasteiger partial charge is 0.496 e. The van der Waals surface area contributed by atoms with Crippen molar-refractivity contribution in [1.29, 1.82) is 0 Å². The SMILES string of the molecule is COC(=O)C1CC(c2ccc(OC)c(-c3c(C)cc(N4CCC4)nc3CN3C(=O)OC(c4cc(C(F)(F)F)cc(C(F)(F)F)c4)C3C)c2)C1. The van der Waals surface area contributed by atoms with Gasteiger partial charge < -0.3 is 19.1 Å². The van der Waals surface area contributed by atoms with E-state index < -0.39 is 47.3 Å². The Bertz CT molecular complexity index is 1740. The Hall–Kier alpha value is -4.49. The summed E-state index contributed by atoms with van der Waals surface area (Å²) < 4.78 is 98.0. The number of rotatable bonds is 8. The number of aromatic nitrogens is 1. The molecule has 2 aromatic carbocycles. The molecule has 2 unspecified atom stereocenters. The maximum Gasteiger partial charge on any atom is 0.416 e. The number of hydrogen-bond acceptors (Lipinski definition) is 7. The molecular formula is C35H35F6N3O5. The fourth-order valence-electron chi connectivity index (χ4n) is 6.80. The van der Waals surface area contributed by atoms with E-state index in [1.807, 2.05) is 31.2 Å². The Morgan fingerprint density at radius 3 is 2.16 bits per heavy atom. The lowest BCUT2D eigenvalue weighted by molar-refractivity contribution is -0.149. The summed E-state index contributed by atoms with van der Waals surface area (Å²) in [5.74, 6) is 0.888. The van der Waals surface area contributed by atoms with Crippen LogP contribution in [0.25, 0.3) is 11.1 Å². The number of anilines is 1. The van der Waals surface area contributed by atoms with E-state index in [0.717, 1.165) is 30.6 Å². The van der Waals surface area contributed by atoms with E-state index in [0.29, 0.717) is 53.4 Å². The fraction of sp³-hybridized carbons (Fsp3) is 0.457. The van der Waals surface area contributed by atoms with Crippen LogP contribution < -0.4 is 9.64 Å². The highest BCUT2D eigenvalue weighted by Crippen LogP contribution is 2.46. The Kier molecular flexibility index (Phi) is 8.95. The van der Waals surface area contributed by atoms with Crippen LogP contribution in [-0.4, -0.2) is 55.3 Å². The van der Waals surface area contributed by atoms with E-state index in [9.17, 15) is 35.9 Å². The van der Waals surface area contributed by atoms with Crippen molar-refractivity contribution in [3.63, 3.8) is 0 Å². The number of cyclic esters (lactones) is 1. The zero-order valence-corrected chi connectivity index (χ0v) is 27.2. The minimum absolute atomic E-state index is 0.0453. The van der Waals surface area contributed by atoms with Gasteiger partial charge in [0, 0.05) is 24.2 Å². The zero-order chi connectivity index (χ0) is 35.4. The predicted octanol–water partition coefficient (Wildman–Crippen LogP) is 8.06. The van der Waals surface area contributed by atoms with Gasteiger partial charge in [-0.15, -0.1) is 0 Å². The molecule has 0 bridgehead atoms. The molecule has 8 nitrogen and oxygen atoms in total. The Morgan fingerprint density at radius 2 is 1.61 bits per heavy atom. The van der Waals surface area contributed by atoms with Gasteiger partial charge in [0.25, 0.3) is 0 Å². The number of methoxy groups -OCH3 is 2. The van der Waals surface area contributed by atoms with Crippen LogP contribution in [0, 0.1) is 12.8 Å². The summed E-state index contributed by atoms with van der Waals surface area (Å²) >= 11 is 0. The number of aryl methyl sites for hydroxylation is 1. The van der Waals surface area contributed by atoms with Crippen molar-refractivity contribution in [2.24, 2.45) is 5.92 Å². The van der Waals surface area contributed by atoms with E-state index in [-0.39, 0.29) is 30.4 Å². The van der Waals surface area contributed by atoms with Gasteiger partial charge in [-0.1, -0.05) is 6.07 Å². The first-order valence-corrected chi connectivity index (χ1v) is 15.9. The Balaban J connectivity index is 1.38. The van der Waals surface area contributed by atoms with E-state index in [1.165, 1.54) is 26.0 Å². The molecule has 262 valence electrons. The number of carbonyl (C=O) groups excluding carboxylic acids is 2. The van der Waals surface area contributed by atoms with Crippen LogP contribution in [0.5, 0.6) is 5.75 Å². The number of nitrogens with zero attached hydrogens (tertiary/aromatic N) is 3. The topological polar surface area (TPSA) is 81.2 Å². The maximum absolute atomic E-state index is 13.7. The molecule has 0 spiro atoms. The molecule has 6 rings (SSSR count). The van der Waals surface area contributed by atoms with Crippen molar-refractivity contribution in [2.75, 3.05) is 32.2 Å². The van der Waals surface area contributed by atoms with Gasteiger partial charge in [0.05, 0.1) is 49.5 Å². The summed E-state index contributed by atoms with van der Waals surface area (Å²) in [5.41, 5.74) is 0.247. The second-order valence-corrected chi connectivity index (χ2v) is 12.8. The zero-order valence-electron chi connectivity index (χ0n) is 27.2. The van der Waals surface area contributed by atoms with Crippen LogP contribution in [0.2, 0.25) is 0 Å². The molecule has 14 heteroatoms. The van der Waals surface area contributed by atoms with Gasteiger partial charge in [-0.2, -0.15) is 26.3 Å². The van der Waals surface area contributed by atoms with Crippen molar-refractivity contribution in [3.05, 3.63) is 76.0 Å². The second-order valence-electron chi connectivity index (χ2n) is 12.8. The summed E-state index contributed by atoms with van der Waals surface area (Å²) in [5, 5.41) is 0. The molecule has 2 aliphatic heterocycles. The highest BCUT2D eigenvalue weighted by Gasteiger charge is 2.44. The van der Waals surface area contributed by atoms with E-state index >= 15 is 0 Å². The molecular weight excluding hydrogens is 656 g/mol. The normalized spacial score (nSPS) is 22.4. The first-order valence-electron chi connectivity index (χ1n) is 15.9. The number of alkyl halides is 6. The Morgan fingerprint density at radius 1 is 0.959 bits per heavy atom. The van der Waals surface area contributed by atoms with Gasteiger partial charge in [-0.05, 0) is 92.1 Å². The third-order valence-corrected chi connectivity index (χ3v) is 9.75. The first kappa shape index (κ1) is 34.4. The van der Waals surface area contributed by atoms with Crippen molar-refractivity contribution < 1.29 is 50.1 Å². The minimum Gasteiger partial charge on any atom is -0.496 e. The van der Waals surface area contributed by atoms with Crippen LogP contribution >= 0.6 is 0 Å². The summed E-state index contributed by atoms with van der Waals surface area (Å²) in [7, 11) is 2.89. The average molecular weight is 692 g/mol. The molecule has 49 heavy (non-hydrogen) atoms. The van der Waals surface area contributed by atoms with E-state index in [1.54, 1.807) is 0 Å². The molecule has 1 amide bonds. The van der Waals surface area contributed by atoms with E-state index in [2.05, 4.69) is 4.90 Å². The standard InChI is InChI=1S/C35H35F6N3O5/c1-18-10-29(43-8-5-9-43)42-27(30(18)26-15-20(6-7-28(26)47-3)21-11-23(12-21)32(45)48-4)17-44-19(2)31(49-33(44)46)22-13-24(34(36,37)38)16-25(14-22)35(39,40)41/h6-7,10,13-16,19,21,23,31H,5,8-9,11-12,17H2,1-4H3. The third kappa shape index (κ3) is 6.61. The first-order chi connectivity index (χ1) is 23.1. The number of hydrogen-bond donors (Lipinski definition) is 0. The summed E-state index contributed by atoms with van der Waals surface area (Å²) in [6, 6.07) is 7.96. The van der Waals surface area contributed by atoms with Crippen LogP contribution in [0.3, 0.4) is 0 Å². The van der Waals surface area contributed by atoms with Crippen LogP contribution in [-0.2, 0) is 33.2 Å². The van der Waals surface area contributed by atoms with Gasteiger partial charge in [0.15, 0.2) is 0 Å². The lowest BCUT2D eigenvalue weighted by Gasteiger charge is -2.34. The summed E-state index contributed by atoms with van der Waals surface area (Å²) in [6.07, 6.45) is -10.2. The van der Waals surface area contributed by atoms with Gasteiger partial charge in [-0.25, -0.2) is 9.78 Å². The minimum atomic E-state index is -5.05. The van der Waals surface area contributed by atoms with Crippen LogP contribution in [0.4, 0.5) is 37.0 Å². The van der Waals surface area contributed by atoms with Gasteiger partial charge in [0.1, 0.15) is 17.7 Å². The molecule has 1 saturated carbocycles. The highest BCUT2D eigenvalue weighted by atomic mass is 19.4. The average Bonchev–Trinajstić information content (AvgIpc) is 3.26. The lowest BCUT2D eigenvalue weighted by Crippen LogP contribution is -2.38. The predicted molar refractivity (Wildman–Crippen MR) is 166 cm³/mol. The summed E-state index contributed by atoms with van der Waals surface area (Å²) in [4.78, 5) is 33.7. The molecule has 2 saturated heterocycles. The number of amides is 1. The molecule has 3 fully saturated rings. The molecule has 3 aromatic rings. The number of ether oxygens (including phenoxy) is 3. The van der Waals surface area contributed by atoms with Gasteiger partial charge in [-0.3, -0.25) is 9.69 Å². The van der Waals surface area contributed by atoms with Gasteiger partial charge >= 0.3 is 24.4 Å². The smallest absolute Gasteiger partial charge is 0.416 e. The van der Waals surface area contributed by atoms with Gasteiger partial charge in [0.2, 0.25) is 0 Å². The van der Waals surface area contributed by atoms with Crippen LogP contribution in [0.1, 0.15) is 71.7 Å². The number of halogens is 6. The molecule has 1 aliphatic carbocycles. The van der Waals surface area contributed by atoms with Crippen molar-refractivity contribution >= 4 is 17.9 Å². The molecule has 2 atom stereocenters. The molecule has 3 heterocycles. The second kappa shape index (κ2) is 12.8. The molecule has 1 aromatic heterocycles. The highest BCUT2D eigenvalue weighted by molar-refractivity contribution is 5.79. The Labute approximate surface area is 278 Å². The van der Waals surface area contributed by atoms with Crippen molar-refractivity contribution in [2.45, 2.75) is 70.1 Å². The number of esters is 1. The van der Waals surface area contributed by atoms with E-state index in [4.69, 9.17) is 19.2 Å². The number of benzene rings is 2. The number of pyridine rings is 1. The molecule has 3 aliphatic rings. The monoisotopic (exact) mass is 691 g/mol. The van der Waals surface area contributed by atoms with Crippen LogP contribution in [0.15, 0.2) is 42.5 Å². The number of carbonyl (C=O) groups is 2. The fourth-order valence-corrected chi connectivity index (χ4v) is 6.80. The third-order valence-electron chi connectivity index (χ3n) is 9.75. The maximum atomic E-state index is 13.7.